The van der Waals surface area contributed by atoms with Gasteiger partial charge in [-0.25, -0.2) is 0 Å². The predicted octanol–water partition coefficient (Wildman–Crippen LogP) is 4.42. The number of aryl methyl sites for hydroxylation is 1. The maximum atomic E-state index is 6.32. The number of halogens is 1. The first kappa shape index (κ1) is 14.7. The lowest BCUT2D eigenvalue weighted by atomic mass is 9.77. The summed E-state index contributed by atoms with van der Waals surface area (Å²) in [4.78, 5) is 0. The molecule has 0 heterocycles. The third kappa shape index (κ3) is 3.06. The average Bonchev–Trinajstić information content (AvgIpc) is 2.29. The summed E-state index contributed by atoms with van der Waals surface area (Å²) in [5.74, 6) is 1.38. The maximum Gasteiger partial charge on any atom is 0.123 e. The molecule has 106 valence electrons. The number of ether oxygens (including phenoxy) is 1. The van der Waals surface area contributed by atoms with Crippen molar-refractivity contribution in [3.63, 3.8) is 0 Å². The van der Waals surface area contributed by atoms with E-state index in [2.05, 4.69) is 26.8 Å². The molecule has 1 aliphatic rings. The van der Waals surface area contributed by atoms with Crippen LogP contribution in [0.2, 0.25) is 5.02 Å². The second-order valence-electron chi connectivity index (χ2n) is 5.97. The Balaban J connectivity index is 2.26. The Morgan fingerprint density at radius 3 is 2.53 bits per heavy atom. The predicted molar refractivity (Wildman–Crippen MR) is 81.2 cm³/mol. The maximum absolute atomic E-state index is 6.32. The minimum Gasteiger partial charge on any atom is -0.487 e. The number of benzene rings is 1. The van der Waals surface area contributed by atoms with E-state index in [9.17, 15) is 0 Å². The Labute approximate surface area is 121 Å². The highest BCUT2D eigenvalue weighted by molar-refractivity contribution is 6.31. The fraction of sp³-hybridized carbons (Fsp3) is 0.625. The van der Waals surface area contributed by atoms with E-state index in [-0.39, 0.29) is 5.60 Å². The van der Waals surface area contributed by atoms with Gasteiger partial charge in [0.1, 0.15) is 11.4 Å². The molecule has 1 aliphatic carbocycles. The summed E-state index contributed by atoms with van der Waals surface area (Å²) in [7, 11) is 0. The molecule has 0 unspecified atom stereocenters. The molecule has 0 bridgehead atoms. The molecular formula is C16H24ClNO. The first-order chi connectivity index (χ1) is 8.97. The Bertz CT molecular complexity index is 452. The van der Waals surface area contributed by atoms with Crippen LogP contribution in [0.3, 0.4) is 0 Å². The fourth-order valence-electron chi connectivity index (χ4n) is 2.69. The lowest BCUT2D eigenvalue weighted by Gasteiger charge is -2.42. The van der Waals surface area contributed by atoms with Crippen LogP contribution in [0.1, 0.15) is 56.6 Å². The SMILES string of the molecule is Cc1cc(Cl)c(C(C)C)cc1OC1(CCN)CCC1. The largest absolute Gasteiger partial charge is 0.487 e. The fourth-order valence-corrected chi connectivity index (χ4v) is 3.13. The van der Waals surface area contributed by atoms with Crippen LogP contribution in [-0.2, 0) is 0 Å². The minimum atomic E-state index is -0.0262. The van der Waals surface area contributed by atoms with Crippen molar-refractivity contribution in [2.75, 3.05) is 6.54 Å². The number of rotatable bonds is 5. The summed E-state index contributed by atoms with van der Waals surface area (Å²) in [5.41, 5.74) is 7.96. The molecular weight excluding hydrogens is 258 g/mol. The Morgan fingerprint density at radius 1 is 1.37 bits per heavy atom. The Hall–Kier alpha value is -0.730. The van der Waals surface area contributed by atoms with Gasteiger partial charge in [0.2, 0.25) is 0 Å². The molecule has 0 saturated heterocycles. The molecule has 0 radical (unpaired) electrons. The van der Waals surface area contributed by atoms with Crippen LogP contribution >= 0.6 is 11.6 Å². The van der Waals surface area contributed by atoms with E-state index in [1.807, 2.05) is 6.07 Å². The first-order valence-electron chi connectivity index (χ1n) is 7.16. The van der Waals surface area contributed by atoms with E-state index >= 15 is 0 Å². The molecule has 1 aromatic rings. The van der Waals surface area contributed by atoms with Gasteiger partial charge < -0.3 is 10.5 Å². The summed E-state index contributed by atoms with van der Waals surface area (Å²) in [5, 5.41) is 0.835. The standard InChI is InChI=1S/C16H24ClNO/c1-11(2)13-10-15(12(3)9-14(13)17)19-16(7-8-18)5-4-6-16/h9-11H,4-8,18H2,1-3H3. The highest BCUT2D eigenvalue weighted by Gasteiger charge is 2.38. The van der Waals surface area contributed by atoms with Gasteiger partial charge in [-0.1, -0.05) is 25.4 Å². The van der Waals surface area contributed by atoms with Gasteiger partial charge in [0, 0.05) is 5.02 Å². The van der Waals surface area contributed by atoms with Crippen molar-refractivity contribution >= 4 is 11.6 Å². The highest BCUT2D eigenvalue weighted by atomic mass is 35.5. The zero-order chi connectivity index (χ0) is 14.0. The third-order valence-electron chi connectivity index (χ3n) is 4.11. The van der Waals surface area contributed by atoms with Crippen LogP contribution in [0, 0.1) is 6.92 Å². The van der Waals surface area contributed by atoms with Crippen molar-refractivity contribution in [2.45, 2.75) is 58.0 Å². The molecule has 0 aromatic heterocycles. The second kappa shape index (κ2) is 5.72. The van der Waals surface area contributed by atoms with E-state index in [4.69, 9.17) is 22.1 Å². The molecule has 1 aromatic carbocycles. The van der Waals surface area contributed by atoms with Gasteiger partial charge in [-0.15, -0.1) is 0 Å². The van der Waals surface area contributed by atoms with Crippen molar-refractivity contribution < 1.29 is 4.74 Å². The third-order valence-corrected chi connectivity index (χ3v) is 4.43. The molecule has 0 amide bonds. The summed E-state index contributed by atoms with van der Waals surface area (Å²) in [6.07, 6.45) is 4.41. The van der Waals surface area contributed by atoms with E-state index in [0.717, 1.165) is 41.2 Å². The number of hydrogen-bond acceptors (Lipinski definition) is 2. The van der Waals surface area contributed by atoms with Crippen LogP contribution < -0.4 is 10.5 Å². The molecule has 3 heteroatoms. The summed E-state index contributed by atoms with van der Waals surface area (Å²) < 4.78 is 6.32. The Kier molecular flexibility index (Phi) is 4.42. The molecule has 1 fully saturated rings. The van der Waals surface area contributed by atoms with Crippen LogP contribution in [0.25, 0.3) is 0 Å². The van der Waals surface area contributed by atoms with Gasteiger partial charge in [-0.3, -0.25) is 0 Å². The zero-order valence-electron chi connectivity index (χ0n) is 12.1. The minimum absolute atomic E-state index is 0.0262. The van der Waals surface area contributed by atoms with E-state index in [1.54, 1.807) is 0 Å². The van der Waals surface area contributed by atoms with Gasteiger partial charge in [-0.2, -0.15) is 0 Å². The van der Waals surface area contributed by atoms with Crippen LogP contribution in [0.4, 0.5) is 0 Å². The topological polar surface area (TPSA) is 35.2 Å². The van der Waals surface area contributed by atoms with Gasteiger partial charge in [0.25, 0.3) is 0 Å². The van der Waals surface area contributed by atoms with Gasteiger partial charge in [0.05, 0.1) is 0 Å². The monoisotopic (exact) mass is 281 g/mol. The van der Waals surface area contributed by atoms with Crippen molar-refractivity contribution in [1.82, 2.24) is 0 Å². The molecule has 0 aliphatic heterocycles. The van der Waals surface area contributed by atoms with Crippen molar-refractivity contribution in [1.29, 1.82) is 0 Å². The zero-order valence-corrected chi connectivity index (χ0v) is 12.9. The average molecular weight is 282 g/mol. The smallest absolute Gasteiger partial charge is 0.123 e. The lowest BCUT2D eigenvalue weighted by Crippen LogP contribution is -2.44. The molecule has 0 spiro atoms. The molecule has 2 rings (SSSR count). The quantitative estimate of drug-likeness (QED) is 0.867. The molecule has 0 atom stereocenters. The van der Waals surface area contributed by atoms with Gasteiger partial charge in [0.15, 0.2) is 0 Å². The molecule has 1 saturated carbocycles. The normalized spacial score (nSPS) is 17.4. The first-order valence-corrected chi connectivity index (χ1v) is 7.54. The van der Waals surface area contributed by atoms with E-state index in [0.29, 0.717) is 12.5 Å². The van der Waals surface area contributed by atoms with Crippen molar-refractivity contribution in [2.24, 2.45) is 5.73 Å². The highest BCUT2D eigenvalue weighted by Crippen LogP contribution is 2.41. The second-order valence-corrected chi connectivity index (χ2v) is 6.38. The lowest BCUT2D eigenvalue weighted by molar-refractivity contribution is -0.0131. The molecule has 2 N–H and O–H groups in total. The van der Waals surface area contributed by atoms with Crippen molar-refractivity contribution in [3.05, 3.63) is 28.3 Å². The van der Waals surface area contributed by atoms with Crippen LogP contribution in [-0.4, -0.2) is 12.1 Å². The van der Waals surface area contributed by atoms with E-state index < -0.39 is 0 Å². The van der Waals surface area contributed by atoms with Gasteiger partial charge in [-0.05, 0) is 68.3 Å². The number of nitrogens with two attached hydrogens (primary N) is 1. The van der Waals surface area contributed by atoms with Gasteiger partial charge >= 0.3 is 0 Å². The van der Waals surface area contributed by atoms with Crippen molar-refractivity contribution in [3.8, 4) is 5.75 Å². The van der Waals surface area contributed by atoms with Crippen LogP contribution in [0.15, 0.2) is 12.1 Å². The molecule has 19 heavy (non-hydrogen) atoms. The Morgan fingerprint density at radius 2 is 2.05 bits per heavy atom. The summed E-state index contributed by atoms with van der Waals surface area (Å²) >= 11 is 6.30. The summed E-state index contributed by atoms with van der Waals surface area (Å²) in [6.45, 7) is 7.04. The molecule has 2 nitrogen and oxygen atoms in total. The van der Waals surface area contributed by atoms with E-state index in [1.165, 1.54) is 6.42 Å². The number of hydrogen-bond donors (Lipinski definition) is 1. The van der Waals surface area contributed by atoms with Crippen LogP contribution in [0.5, 0.6) is 5.75 Å². The summed E-state index contributed by atoms with van der Waals surface area (Å²) in [6, 6.07) is 4.12.